The van der Waals surface area contributed by atoms with Gasteiger partial charge in [-0.1, -0.05) is 19.8 Å². The fourth-order valence-corrected chi connectivity index (χ4v) is 2.91. The maximum absolute atomic E-state index is 5.66. The third-order valence-corrected chi connectivity index (χ3v) is 4.58. The summed E-state index contributed by atoms with van der Waals surface area (Å²) in [6, 6.07) is 0. The van der Waals surface area contributed by atoms with Gasteiger partial charge < -0.3 is 15.4 Å². The zero-order valence-electron chi connectivity index (χ0n) is 13.9. The van der Waals surface area contributed by atoms with Crippen LogP contribution in [0.2, 0.25) is 0 Å². The Hall–Kier alpha value is -0.770. The number of hydrogen-bond acceptors (Lipinski definition) is 2. The molecule has 0 aromatic rings. The molecule has 2 N–H and O–H groups in total. The molecule has 2 saturated carbocycles. The minimum absolute atomic E-state index is 0.426. The molecule has 0 radical (unpaired) electrons. The molecule has 21 heavy (non-hydrogen) atoms. The predicted octanol–water partition coefficient (Wildman–Crippen LogP) is 2.94. The molecule has 0 heterocycles. The van der Waals surface area contributed by atoms with Gasteiger partial charge in [0, 0.05) is 32.8 Å². The Morgan fingerprint density at radius 3 is 2.67 bits per heavy atom. The lowest BCUT2D eigenvalue weighted by atomic mass is 9.89. The Bertz CT molecular complexity index is 320. The molecule has 0 bridgehead atoms. The fraction of sp³-hybridized carbons (Fsp3) is 0.941. The van der Waals surface area contributed by atoms with Gasteiger partial charge in [0.1, 0.15) is 0 Å². The van der Waals surface area contributed by atoms with Gasteiger partial charge in [-0.25, -0.2) is 0 Å². The topological polar surface area (TPSA) is 45.7 Å². The van der Waals surface area contributed by atoms with Crippen LogP contribution in [0.25, 0.3) is 0 Å². The minimum atomic E-state index is 0.426. The maximum atomic E-state index is 5.66. The Kier molecular flexibility index (Phi) is 6.81. The van der Waals surface area contributed by atoms with Gasteiger partial charge in [0.15, 0.2) is 5.96 Å². The first-order chi connectivity index (χ1) is 10.2. The molecule has 0 aromatic heterocycles. The first-order valence-corrected chi connectivity index (χ1v) is 8.82. The van der Waals surface area contributed by atoms with Crippen LogP contribution >= 0.6 is 0 Å². The van der Waals surface area contributed by atoms with E-state index >= 15 is 0 Å². The summed E-state index contributed by atoms with van der Waals surface area (Å²) in [5, 5.41) is 6.77. The van der Waals surface area contributed by atoms with Crippen LogP contribution in [0.15, 0.2) is 4.99 Å². The third-order valence-electron chi connectivity index (χ3n) is 4.58. The lowest BCUT2D eigenvalue weighted by Gasteiger charge is -2.21. The molecule has 0 atom stereocenters. The number of aliphatic imine (C=N–C) groups is 1. The molecular formula is C17H33N3O. The second kappa shape index (κ2) is 8.62. The number of guanidine groups is 1. The zero-order chi connectivity index (χ0) is 15.0. The van der Waals surface area contributed by atoms with E-state index in [1.165, 1.54) is 38.5 Å². The summed E-state index contributed by atoms with van der Waals surface area (Å²) < 4.78 is 5.66. The van der Waals surface area contributed by atoms with E-state index in [9.17, 15) is 0 Å². The highest BCUT2D eigenvalue weighted by atomic mass is 16.5. The van der Waals surface area contributed by atoms with Crippen molar-refractivity contribution < 1.29 is 4.74 Å². The summed E-state index contributed by atoms with van der Waals surface area (Å²) in [5.74, 6) is 1.83. The summed E-state index contributed by atoms with van der Waals surface area (Å²) in [7, 11) is 0. The van der Waals surface area contributed by atoms with E-state index in [-0.39, 0.29) is 0 Å². The van der Waals surface area contributed by atoms with Crippen molar-refractivity contribution in [1.29, 1.82) is 0 Å². The van der Waals surface area contributed by atoms with Crippen LogP contribution in [0.4, 0.5) is 0 Å². The van der Waals surface area contributed by atoms with Crippen molar-refractivity contribution in [2.45, 2.75) is 58.8 Å². The molecule has 2 aliphatic rings. The number of hydrogen-bond donors (Lipinski definition) is 2. The quantitative estimate of drug-likeness (QED) is 0.390. The summed E-state index contributed by atoms with van der Waals surface area (Å²) in [6.07, 6.45) is 9.18. The van der Waals surface area contributed by atoms with Gasteiger partial charge in [-0.15, -0.1) is 0 Å². The molecule has 0 saturated heterocycles. The van der Waals surface area contributed by atoms with Gasteiger partial charge in [-0.3, -0.25) is 4.99 Å². The van der Waals surface area contributed by atoms with Gasteiger partial charge in [0.2, 0.25) is 0 Å². The summed E-state index contributed by atoms with van der Waals surface area (Å²) >= 11 is 0. The van der Waals surface area contributed by atoms with Crippen LogP contribution < -0.4 is 10.6 Å². The van der Waals surface area contributed by atoms with E-state index in [1.807, 2.05) is 0 Å². The van der Waals surface area contributed by atoms with E-state index in [2.05, 4.69) is 24.5 Å². The molecule has 122 valence electrons. The summed E-state index contributed by atoms with van der Waals surface area (Å²) in [4.78, 5) is 4.78. The Balaban J connectivity index is 1.60. The second-order valence-corrected chi connectivity index (χ2v) is 7.01. The highest BCUT2D eigenvalue weighted by molar-refractivity contribution is 5.79. The van der Waals surface area contributed by atoms with Crippen molar-refractivity contribution in [1.82, 2.24) is 10.6 Å². The van der Waals surface area contributed by atoms with Crippen LogP contribution in [0.3, 0.4) is 0 Å². The number of ether oxygens (including phenoxy) is 1. The molecule has 0 amide bonds. The van der Waals surface area contributed by atoms with Crippen molar-refractivity contribution in [2.75, 3.05) is 32.8 Å². The average molecular weight is 295 g/mol. The first-order valence-electron chi connectivity index (χ1n) is 8.82. The second-order valence-electron chi connectivity index (χ2n) is 7.01. The Morgan fingerprint density at radius 2 is 2.00 bits per heavy atom. The van der Waals surface area contributed by atoms with E-state index < -0.39 is 0 Å². The standard InChI is InChI=1S/C17H33N3O/c1-3-18-16(20-14-17(2)9-4-5-10-17)19-11-6-12-21-13-15-7-8-15/h15H,3-14H2,1-2H3,(H2,18,19,20). The normalized spacial score (nSPS) is 21.5. The lowest BCUT2D eigenvalue weighted by Crippen LogP contribution is -2.38. The Morgan fingerprint density at radius 1 is 1.24 bits per heavy atom. The molecule has 4 nitrogen and oxygen atoms in total. The van der Waals surface area contributed by atoms with Crippen LogP contribution in [0.5, 0.6) is 0 Å². The van der Waals surface area contributed by atoms with Crippen molar-refractivity contribution in [3.8, 4) is 0 Å². The molecule has 0 spiro atoms. The van der Waals surface area contributed by atoms with Gasteiger partial charge in [-0.05, 0) is 50.4 Å². The van der Waals surface area contributed by atoms with Crippen LogP contribution in [-0.2, 0) is 4.74 Å². The molecule has 2 fully saturated rings. The van der Waals surface area contributed by atoms with Crippen molar-refractivity contribution >= 4 is 5.96 Å². The number of rotatable bonds is 9. The molecule has 4 heteroatoms. The molecule has 2 aliphatic carbocycles. The SMILES string of the molecule is CCNC(=NCC1(C)CCCC1)NCCCOCC1CC1. The molecule has 2 rings (SSSR count). The minimum Gasteiger partial charge on any atom is -0.381 e. The van der Waals surface area contributed by atoms with E-state index in [0.29, 0.717) is 5.41 Å². The third kappa shape index (κ3) is 6.68. The van der Waals surface area contributed by atoms with E-state index in [0.717, 1.165) is 51.1 Å². The van der Waals surface area contributed by atoms with Crippen LogP contribution in [0.1, 0.15) is 58.8 Å². The van der Waals surface area contributed by atoms with Crippen molar-refractivity contribution in [3.63, 3.8) is 0 Å². The highest BCUT2D eigenvalue weighted by Gasteiger charge is 2.28. The Labute approximate surface area is 130 Å². The number of nitrogens with one attached hydrogen (secondary N) is 2. The largest absolute Gasteiger partial charge is 0.381 e. The van der Waals surface area contributed by atoms with Gasteiger partial charge >= 0.3 is 0 Å². The maximum Gasteiger partial charge on any atom is 0.191 e. The smallest absolute Gasteiger partial charge is 0.191 e. The van der Waals surface area contributed by atoms with Gasteiger partial charge in [0.25, 0.3) is 0 Å². The fourth-order valence-electron chi connectivity index (χ4n) is 2.91. The average Bonchev–Trinajstić information content (AvgIpc) is 3.20. The monoisotopic (exact) mass is 295 g/mol. The molecular weight excluding hydrogens is 262 g/mol. The van der Waals surface area contributed by atoms with Gasteiger partial charge in [-0.2, -0.15) is 0 Å². The predicted molar refractivity (Wildman–Crippen MR) is 88.7 cm³/mol. The molecule has 0 unspecified atom stereocenters. The molecule has 0 aliphatic heterocycles. The van der Waals surface area contributed by atoms with Crippen LogP contribution in [0, 0.1) is 11.3 Å². The van der Waals surface area contributed by atoms with E-state index in [4.69, 9.17) is 9.73 Å². The van der Waals surface area contributed by atoms with Crippen LogP contribution in [-0.4, -0.2) is 38.8 Å². The zero-order valence-corrected chi connectivity index (χ0v) is 13.9. The van der Waals surface area contributed by atoms with Crippen molar-refractivity contribution in [3.05, 3.63) is 0 Å². The molecule has 0 aromatic carbocycles. The number of nitrogens with zero attached hydrogens (tertiary/aromatic N) is 1. The first kappa shape index (κ1) is 16.6. The highest BCUT2D eigenvalue weighted by Crippen LogP contribution is 2.37. The lowest BCUT2D eigenvalue weighted by molar-refractivity contribution is 0.123. The van der Waals surface area contributed by atoms with Crippen molar-refractivity contribution in [2.24, 2.45) is 16.3 Å². The van der Waals surface area contributed by atoms with E-state index in [1.54, 1.807) is 0 Å². The van der Waals surface area contributed by atoms with Gasteiger partial charge in [0.05, 0.1) is 0 Å². The summed E-state index contributed by atoms with van der Waals surface area (Å²) in [5.41, 5.74) is 0.426. The summed E-state index contributed by atoms with van der Waals surface area (Å²) in [6.45, 7) is 9.12.